The van der Waals surface area contributed by atoms with Crippen molar-refractivity contribution in [1.29, 1.82) is 0 Å². The second kappa shape index (κ2) is 18.2. The number of Topliss-reactive ketones (excluding diaryl/α,β-unsaturated/α-hetero) is 1. The zero-order chi connectivity index (χ0) is 28.6. The molecule has 2 rings (SSSR count). The molecule has 222 valence electrons. The number of carbonyl (C=O) groups is 2. The second-order valence-electron chi connectivity index (χ2n) is 12.4. The molecule has 5 heteroatoms. The predicted molar refractivity (Wildman–Crippen MR) is 165 cm³/mol. The van der Waals surface area contributed by atoms with Crippen LogP contribution in [-0.4, -0.2) is 40.1 Å². The van der Waals surface area contributed by atoms with Gasteiger partial charge in [-0.3, -0.25) is 9.59 Å². The lowest BCUT2D eigenvalue weighted by molar-refractivity contribution is -0.143. The lowest BCUT2D eigenvalue weighted by atomic mass is 9.72. The van der Waals surface area contributed by atoms with Gasteiger partial charge in [0.25, 0.3) is 0 Å². The average molecular weight is 561 g/mol. The third-order valence-corrected chi connectivity index (χ3v) is 10.6. The quantitative estimate of drug-likeness (QED) is 0.120. The Hall–Kier alpha value is -1.33. The molecule has 1 aromatic carbocycles. The SMILES string of the molecule is CCCCCCCCCCOC(=O)CCCCCCC1C(=O)CCC1SCC(C)(O)C(C)(C)c1ccccc1. The van der Waals surface area contributed by atoms with E-state index in [9.17, 15) is 14.7 Å². The van der Waals surface area contributed by atoms with Crippen LogP contribution in [-0.2, 0) is 19.7 Å². The van der Waals surface area contributed by atoms with Gasteiger partial charge in [-0.1, -0.05) is 115 Å². The summed E-state index contributed by atoms with van der Waals surface area (Å²) < 4.78 is 5.40. The minimum Gasteiger partial charge on any atom is -0.466 e. The first kappa shape index (κ1) is 33.9. The maximum atomic E-state index is 12.6. The van der Waals surface area contributed by atoms with Crippen molar-refractivity contribution in [2.24, 2.45) is 5.92 Å². The molecule has 0 aliphatic heterocycles. The molecule has 0 bridgehead atoms. The number of ketones is 1. The molecule has 1 aliphatic carbocycles. The smallest absolute Gasteiger partial charge is 0.305 e. The molecule has 39 heavy (non-hydrogen) atoms. The summed E-state index contributed by atoms with van der Waals surface area (Å²) >= 11 is 1.78. The Balaban J connectivity index is 1.58. The van der Waals surface area contributed by atoms with Crippen LogP contribution in [0.25, 0.3) is 0 Å². The van der Waals surface area contributed by atoms with Crippen molar-refractivity contribution in [3.8, 4) is 0 Å². The van der Waals surface area contributed by atoms with Crippen molar-refractivity contribution in [2.45, 2.75) is 147 Å². The molecule has 0 heterocycles. The van der Waals surface area contributed by atoms with E-state index >= 15 is 0 Å². The lowest BCUT2D eigenvalue weighted by Crippen LogP contribution is -2.47. The van der Waals surface area contributed by atoms with Gasteiger partial charge in [0.1, 0.15) is 5.78 Å². The molecule has 4 nitrogen and oxygen atoms in total. The summed E-state index contributed by atoms with van der Waals surface area (Å²) in [7, 11) is 0. The van der Waals surface area contributed by atoms with Gasteiger partial charge in [0.2, 0.25) is 0 Å². The summed E-state index contributed by atoms with van der Waals surface area (Å²) in [5.41, 5.74) is -0.126. The van der Waals surface area contributed by atoms with Gasteiger partial charge < -0.3 is 9.84 Å². The molecule has 0 amide bonds. The zero-order valence-corrected chi connectivity index (χ0v) is 26.2. The largest absolute Gasteiger partial charge is 0.466 e. The molecular weight excluding hydrogens is 504 g/mol. The fourth-order valence-corrected chi connectivity index (χ4v) is 7.23. The van der Waals surface area contributed by atoms with Crippen molar-refractivity contribution in [2.75, 3.05) is 12.4 Å². The van der Waals surface area contributed by atoms with E-state index < -0.39 is 5.60 Å². The monoisotopic (exact) mass is 560 g/mol. The molecule has 3 atom stereocenters. The van der Waals surface area contributed by atoms with Crippen molar-refractivity contribution >= 4 is 23.5 Å². The first-order valence-corrected chi connectivity index (χ1v) is 16.8. The summed E-state index contributed by atoms with van der Waals surface area (Å²) in [5, 5.41) is 11.7. The Bertz CT molecular complexity index is 820. The van der Waals surface area contributed by atoms with E-state index in [4.69, 9.17) is 4.74 Å². The summed E-state index contributed by atoms with van der Waals surface area (Å²) in [6.07, 6.45) is 16.9. The lowest BCUT2D eigenvalue weighted by Gasteiger charge is -2.41. The molecule has 1 N–H and O–H groups in total. The average Bonchev–Trinajstić information content (AvgIpc) is 3.27. The highest BCUT2D eigenvalue weighted by Gasteiger charge is 2.43. The van der Waals surface area contributed by atoms with E-state index in [0.717, 1.165) is 56.9 Å². The van der Waals surface area contributed by atoms with Crippen molar-refractivity contribution in [3.05, 3.63) is 35.9 Å². The van der Waals surface area contributed by atoms with Gasteiger partial charge in [-0.15, -0.1) is 0 Å². The minimum atomic E-state index is -0.877. The van der Waals surface area contributed by atoms with Crippen molar-refractivity contribution < 1.29 is 19.4 Å². The van der Waals surface area contributed by atoms with Crippen LogP contribution in [0.1, 0.15) is 136 Å². The maximum absolute atomic E-state index is 12.6. The molecule has 1 aromatic rings. The zero-order valence-electron chi connectivity index (χ0n) is 25.3. The van der Waals surface area contributed by atoms with Crippen molar-refractivity contribution in [3.63, 3.8) is 0 Å². The van der Waals surface area contributed by atoms with Gasteiger partial charge in [0, 0.05) is 35.2 Å². The number of ether oxygens (including phenoxy) is 1. The first-order valence-electron chi connectivity index (χ1n) is 15.8. The Morgan fingerprint density at radius 3 is 2.23 bits per heavy atom. The summed E-state index contributed by atoms with van der Waals surface area (Å²) in [6, 6.07) is 10.2. The number of benzene rings is 1. The van der Waals surface area contributed by atoms with Crippen LogP contribution in [0.2, 0.25) is 0 Å². The number of hydrogen-bond acceptors (Lipinski definition) is 5. The third kappa shape index (κ3) is 12.0. The molecule has 1 saturated carbocycles. The van der Waals surface area contributed by atoms with Crippen LogP contribution in [0, 0.1) is 5.92 Å². The summed E-state index contributed by atoms with van der Waals surface area (Å²) in [5.74, 6) is 1.04. The van der Waals surface area contributed by atoms with Crippen LogP contribution in [0.4, 0.5) is 0 Å². The fraction of sp³-hybridized carbons (Fsp3) is 0.765. The summed E-state index contributed by atoms with van der Waals surface area (Å²) in [4.78, 5) is 24.6. The number of aliphatic hydroxyl groups is 1. The molecule has 1 fully saturated rings. The summed E-state index contributed by atoms with van der Waals surface area (Å²) in [6.45, 7) is 8.94. The number of hydrogen-bond donors (Lipinski definition) is 1. The van der Waals surface area contributed by atoms with Crippen LogP contribution in [0.15, 0.2) is 30.3 Å². The number of rotatable bonds is 21. The van der Waals surface area contributed by atoms with Crippen LogP contribution >= 0.6 is 11.8 Å². The number of esters is 1. The Kier molecular flexibility index (Phi) is 15.8. The normalized spacial score (nSPS) is 19.3. The van der Waals surface area contributed by atoms with Gasteiger partial charge >= 0.3 is 5.97 Å². The van der Waals surface area contributed by atoms with Gasteiger partial charge in [-0.2, -0.15) is 11.8 Å². The third-order valence-electron chi connectivity index (χ3n) is 8.86. The highest BCUT2D eigenvalue weighted by atomic mass is 32.2. The Morgan fingerprint density at radius 2 is 1.54 bits per heavy atom. The topological polar surface area (TPSA) is 63.6 Å². The predicted octanol–water partition coefficient (Wildman–Crippen LogP) is 8.82. The van der Waals surface area contributed by atoms with Gasteiger partial charge in [0.05, 0.1) is 12.2 Å². The maximum Gasteiger partial charge on any atom is 0.305 e. The van der Waals surface area contributed by atoms with E-state index in [1.165, 1.54) is 38.5 Å². The van der Waals surface area contributed by atoms with Gasteiger partial charge in [0.15, 0.2) is 0 Å². The van der Waals surface area contributed by atoms with E-state index in [2.05, 4.69) is 32.9 Å². The number of carbonyl (C=O) groups excluding carboxylic acids is 2. The first-order chi connectivity index (χ1) is 18.7. The highest BCUT2D eigenvalue weighted by molar-refractivity contribution is 8.00. The number of thioether (sulfide) groups is 1. The molecule has 0 radical (unpaired) electrons. The molecule has 0 aromatic heterocycles. The Labute approximate surface area is 243 Å². The highest BCUT2D eigenvalue weighted by Crippen LogP contribution is 2.42. The van der Waals surface area contributed by atoms with Crippen LogP contribution in [0.5, 0.6) is 0 Å². The van der Waals surface area contributed by atoms with Gasteiger partial charge in [-0.25, -0.2) is 0 Å². The van der Waals surface area contributed by atoms with Crippen molar-refractivity contribution in [1.82, 2.24) is 0 Å². The second-order valence-corrected chi connectivity index (χ2v) is 13.6. The molecular formula is C34H56O4S. The standard InChI is InChI=1S/C34H56O4S/c1-5-6-7-8-9-10-13-19-26-38-32(36)23-18-12-11-17-22-29-30(35)24-25-31(29)39-27-34(4,37)33(2,3)28-20-15-14-16-21-28/h14-16,20-21,29,31,37H,5-13,17-19,22-27H2,1-4H3. The Morgan fingerprint density at radius 1 is 0.923 bits per heavy atom. The molecule has 1 aliphatic rings. The van der Waals surface area contributed by atoms with E-state index in [-0.39, 0.29) is 17.3 Å². The van der Waals surface area contributed by atoms with Crippen LogP contribution in [0.3, 0.4) is 0 Å². The number of unbranched alkanes of at least 4 members (excludes halogenated alkanes) is 10. The van der Waals surface area contributed by atoms with Gasteiger partial charge in [-0.05, 0) is 38.2 Å². The molecule has 0 saturated heterocycles. The molecule has 3 unspecified atom stereocenters. The van der Waals surface area contributed by atoms with Crippen LogP contribution < -0.4 is 0 Å². The fourth-order valence-electron chi connectivity index (χ4n) is 5.52. The van der Waals surface area contributed by atoms with E-state index in [1.807, 2.05) is 25.1 Å². The van der Waals surface area contributed by atoms with E-state index in [1.54, 1.807) is 11.8 Å². The minimum absolute atomic E-state index is 0.0640. The molecule has 0 spiro atoms. The van der Waals surface area contributed by atoms with E-state index in [0.29, 0.717) is 36.2 Å².